The molecule has 3 rings (SSSR count). The summed E-state index contributed by atoms with van der Waals surface area (Å²) in [6, 6.07) is 5.23. The summed E-state index contributed by atoms with van der Waals surface area (Å²) in [5.74, 6) is 1.89. The summed E-state index contributed by atoms with van der Waals surface area (Å²) < 4.78 is 0. The zero-order valence-corrected chi connectivity index (χ0v) is 12.9. The topological polar surface area (TPSA) is 19.4 Å². The molecule has 2 aliphatic rings. The van der Waals surface area contributed by atoms with Gasteiger partial charge in [0, 0.05) is 25.3 Å². The fourth-order valence-electron chi connectivity index (χ4n) is 3.52. The van der Waals surface area contributed by atoms with Crippen molar-refractivity contribution in [3.63, 3.8) is 0 Å². The number of pyridine rings is 1. The second-order valence-corrected chi connectivity index (χ2v) is 6.55. The fourth-order valence-corrected chi connectivity index (χ4v) is 3.52. The Morgan fingerprint density at radius 2 is 1.75 bits per heavy atom. The van der Waals surface area contributed by atoms with Gasteiger partial charge in [0.15, 0.2) is 0 Å². The van der Waals surface area contributed by atoms with Crippen LogP contribution >= 0.6 is 0 Å². The molecule has 0 unspecified atom stereocenters. The number of hydrogen-bond acceptors (Lipinski definition) is 3. The molecule has 0 atom stereocenters. The summed E-state index contributed by atoms with van der Waals surface area (Å²) in [4.78, 5) is 9.70. The summed E-state index contributed by atoms with van der Waals surface area (Å²) >= 11 is 0. The number of rotatable bonds is 3. The van der Waals surface area contributed by atoms with Gasteiger partial charge >= 0.3 is 0 Å². The number of piperidine rings is 1. The Morgan fingerprint density at radius 1 is 1.05 bits per heavy atom. The number of aromatic nitrogens is 1. The van der Waals surface area contributed by atoms with Gasteiger partial charge < -0.3 is 9.80 Å². The van der Waals surface area contributed by atoms with Crippen molar-refractivity contribution in [2.75, 3.05) is 31.1 Å². The lowest BCUT2D eigenvalue weighted by Crippen LogP contribution is -2.37. The predicted molar refractivity (Wildman–Crippen MR) is 84.4 cm³/mol. The first-order valence-corrected chi connectivity index (χ1v) is 8.19. The number of likely N-dealkylation sites (tertiary alicyclic amines) is 1. The van der Waals surface area contributed by atoms with E-state index >= 15 is 0 Å². The minimum absolute atomic E-state index is 0.687. The van der Waals surface area contributed by atoms with Crippen molar-refractivity contribution in [2.45, 2.75) is 51.5 Å². The molecule has 20 heavy (non-hydrogen) atoms. The maximum Gasteiger partial charge on any atom is 0.128 e. The molecule has 0 aromatic carbocycles. The van der Waals surface area contributed by atoms with Crippen molar-refractivity contribution in [3.8, 4) is 0 Å². The first kappa shape index (κ1) is 13.9. The Morgan fingerprint density at radius 3 is 2.30 bits per heavy atom. The molecule has 0 bridgehead atoms. The van der Waals surface area contributed by atoms with Crippen LogP contribution in [0.4, 0.5) is 5.82 Å². The van der Waals surface area contributed by atoms with E-state index in [1.54, 1.807) is 0 Å². The van der Waals surface area contributed by atoms with Crippen LogP contribution in [0.2, 0.25) is 0 Å². The minimum atomic E-state index is 0.687. The van der Waals surface area contributed by atoms with Crippen molar-refractivity contribution >= 4 is 5.82 Å². The monoisotopic (exact) mass is 273 g/mol. The Kier molecular flexibility index (Phi) is 4.25. The zero-order chi connectivity index (χ0) is 13.9. The van der Waals surface area contributed by atoms with Crippen molar-refractivity contribution in [1.82, 2.24) is 9.88 Å². The predicted octanol–water partition coefficient (Wildman–Crippen LogP) is 3.27. The molecule has 0 amide bonds. The van der Waals surface area contributed by atoms with E-state index in [0.717, 1.165) is 0 Å². The van der Waals surface area contributed by atoms with E-state index in [1.165, 1.54) is 63.2 Å². The molecule has 1 aromatic rings. The highest BCUT2D eigenvalue weighted by Gasteiger charge is 2.22. The van der Waals surface area contributed by atoms with Crippen molar-refractivity contribution in [3.05, 3.63) is 23.9 Å². The molecular weight excluding hydrogens is 246 g/mol. The van der Waals surface area contributed by atoms with Crippen LogP contribution in [0.25, 0.3) is 0 Å². The maximum atomic E-state index is 4.70. The Balaban J connectivity index is 1.60. The lowest BCUT2D eigenvalue weighted by molar-refractivity contribution is 0.172. The number of nitrogens with zero attached hydrogens (tertiary/aromatic N) is 3. The molecule has 0 aliphatic carbocycles. The van der Waals surface area contributed by atoms with E-state index in [0.29, 0.717) is 12.0 Å². The van der Waals surface area contributed by atoms with Crippen LogP contribution < -0.4 is 4.90 Å². The van der Waals surface area contributed by atoms with Gasteiger partial charge in [-0.25, -0.2) is 4.98 Å². The summed E-state index contributed by atoms with van der Waals surface area (Å²) in [5.41, 5.74) is 1.44. The highest BCUT2D eigenvalue weighted by Crippen LogP contribution is 2.29. The van der Waals surface area contributed by atoms with Gasteiger partial charge in [-0.3, -0.25) is 0 Å². The molecule has 0 spiro atoms. The van der Waals surface area contributed by atoms with Gasteiger partial charge in [-0.05, 0) is 70.2 Å². The molecule has 0 saturated carbocycles. The molecular formula is C17H27N3. The van der Waals surface area contributed by atoms with Crippen LogP contribution in [-0.4, -0.2) is 42.1 Å². The van der Waals surface area contributed by atoms with Crippen LogP contribution in [-0.2, 0) is 0 Å². The molecule has 2 saturated heterocycles. The molecule has 3 heterocycles. The molecule has 3 nitrogen and oxygen atoms in total. The van der Waals surface area contributed by atoms with Gasteiger partial charge in [0.2, 0.25) is 0 Å². The van der Waals surface area contributed by atoms with Crippen molar-refractivity contribution in [2.24, 2.45) is 0 Å². The van der Waals surface area contributed by atoms with E-state index in [9.17, 15) is 0 Å². The average Bonchev–Trinajstić information content (AvgIpc) is 3.02. The summed E-state index contributed by atoms with van der Waals surface area (Å²) in [5, 5.41) is 0. The summed E-state index contributed by atoms with van der Waals surface area (Å²) in [6.45, 7) is 9.42. The van der Waals surface area contributed by atoms with Gasteiger partial charge in [-0.15, -0.1) is 0 Å². The third kappa shape index (κ3) is 2.98. The van der Waals surface area contributed by atoms with E-state index in [1.807, 2.05) is 0 Å². The second-order valence-electron chi connectivity index (χ2n) is 6.55. The molecule has 3 heteroatoms. The lowest BCUT2D eigenvalue weighted by Gasteiger charge is -2.34. The van der Waals surface area contributed by atoms with Crippen LogP contribution in [0.5, 0.6) is 0 Å². The fraction of sp³-hybridized carbons (Fsp3) is 0.706. The summed E-state index contributed by atoms with van der Waals surface area (Å²) in [7, 11) is 0. The van der Waals surface area contributed by atoms with E-state index in [2.05, 4.69) is 42.0 Å². The van der Waals surface area contributed by atoms with Crippen LogP contribution in [0, 0.1) is 0 Å². The lowest BCUT2D eigenvalue weighted by atomic mass is 9.90. The highest BCUT2D eigenvalue weighted by molar-refractivity contribution is 5.40. The second kappa shape index (κ2) is 6.13. The zero-order valence-electron chi connectivity index (χ0n) is 12.9. The Bertz CT molecular complexity index is 412. The molecule has 0 radical (unpaired) electrons. The third-order valence-corrected chi connectivity index (χ3v) is 4.93. The molecule has 0 N–H and O–H groups in total. The number of anilines is 1. The van der Waals surface area contributed by atoms with Gasteiger partial charge in [0.05, 0.1) is 0 Å². The quantitative estimate of drug-likeness (QED) is 0.842. The molecule has 110 valence electrons. The van der Waals surface area contributed by atoms with Crippen LogP contribution in [0.3, 0.4) is 0 Å². The maximum absolute atomic E-state index is 4.70. The SMILES string of the molecule is CC(C)N1CCC(c2ccc(N3CCCC3)nc2)CC1. The van der Waals surface area contributed by atoms with Gasteiger partial charge in [-0.1, -0.05) is 6.07 Å². The molecule has 2 fully saturated rings. The van der Waals surface area contributed by atoms with Crippen molar-refractivity contribution in [1.29, 1.82) is 0 Å². The van der Waals surface area contributed by atoms with Gasteiger partial charge in [0.25, 0.3) is 0 Å². The largest absolute Gasteiger partial charge is 0.357 e. The van der Waals surface area contributed by atoms with E-state index in [-0.39, 0.29) is 0 Å². The molecule has 1 aromatic heterocycles. The Labute approximate surface area is 123 Å². The Hall–Kier alpha value is -1.09. The molecule has 2 aliphatic heterocycles. The van der Waals surface area contributed by atoms with Crippen molar-refractivity contribution < 1.29 is 0 Å². The summed E-state index contributed by atoms with van der Waals surface area (Å²) in [6.07, 6.45) is 7.32. The van der Waals surface area contributed by atoms with Gasteiger partial charge in [-0.2, -0.15) is 0 Å². The highest BCUT2D eigenvalue weighted by atomic mass is 15.2. The number of hydrogen-bond donors (Lipinski definition) is 0. The average molecular weight is 273 g/mol. The standard InChI is InChI=1S/C17H27N3/c1-14(2)19-11-7-15(8-12-19)16-5-6-17(18-13-16)20-9-3-4-10-20/h5-6,13-15H,3-4,7-12H2,1-2H3. The third-order valence-electron chi connectivity index (χ3n) is 4.93. The normalized spacial score (nSPS) is 21.9. The van der Waals surface area contributed by atoms with E-state index in [4.69, 9.17) is 4.98 Å². The van der Waals surface area contributed by atoms with Crippen LogP contribution in [0.1, 0.15) is 51.0 Å². The van der Waals surface area contributed by atoms with E-state index < -0.39 is 0 Å². The van der Waals surface area contributed by atoms with Crippen LogP contribution in [0.15, 0.2) is 18.3 Å². The first-order valence-electron chi connectivity index (χ1n) is 8.19. The first-order chi connectivity index (χ1) is 9.74. The smallest absolute Gasteiger partial charge is 0.128 e. The van der Waals surface area contributed by atoms with Gasteiger partial charge in [0.1, 0.15) is 5.82 Å². The minimum Gasteiger partial charge on any atom is -0.357 e.